The van der Waals surface area contributed by atoms with E-state index in [0.29, 0.717) is 6.61 Å². The first-order valence-corrected chi connectivity index (χ1v) is 9.90. The number of nitrogens with two attached hydrogens (primary N) is 3. The quantitative estimate of drug-likeness (QED) is 0.286. The van der Waals surface area contributed by atoms with Crippen molar-refractivity contribution in [3.63, 3.8) is 0 Å². The van der Waals surface area contributed by atoms with Gasteiger partial charge in [-0.15, -0.1) is 0 Å². The van der Waals surface area contributed by atoms with E-state index in [9.17, 15) is 10.2 Å². The van der Waals surface area contributed by atoms with Crippen molar-refractivity contribution in [1.82, 2.24) is 0 Å². The summed E-state index contributed by atoms with van der Waals surface area (Å²) in [5.74, 6) is 0. The Morgan fingerprint density at radius 3 is 1.80 bits per heavy atom. The van der Waals surface area contributed by atoms with Gasteiger partial charge in [-0.2, -0.15) is 0 Å². The zero-order valence-electron chi connectivity index (χ0n) is 15.5. The number of hydrogen-bond acceptors (Lipinski definition) is 7. The minimum Gasteiger partial charge on any atom is -0.388 e. The fourth-order valence-electron chi connectivity index (χ4n) is 3.16. The van der Waals surface area contributed by atoms with Gasteiger partial charge < -0.3 is 36.9 Å². The molecule has 0 bridgehead atoms. The van der Waals surface area contributed by atoms with Crippen LogP contribution in [0.2, 0.25) is 0 Å². The van der Waals surface area contributed by atoms with E-state index < -0.39 is 30.6 Å². The molecule has 25 heavy (non-hydrogen) atoms. The highest BCUT2D eigenvalue weighted by Crippen LogP contribution is 2.20. The standard InChI is InChI=1S/C18H39N3O4/c19-11-9-7-5-3-1-2-4-6-8-10-12-24-18-15(21)17(23)16(22)14(13-20)25-18/h14-18,22-23H,1-13,19-21H2/t14-,15-,16-,17-,18-/m1/s1. The van der Waals surface area contributed by atoms with Crippen molar-refractivity contribution >= 4 is 0 Å². The van der Waals surface area contributed by atoms with E-state index in [1.807, 2.05) is 0 Å². The number of aliphatic hydroxyl groups excluding tert-OH is 2. The molecule has 0 aromatic carbocycles. The maximum Gasteiger partial charge on any atom is 0.175 e. The lowest BCUT2D eigenvalue weighted by atomic mass is 9.97. The fourth-order valence-corrected chi connectivity index (χ4v) is 3.16. The predicted molar refractivity (Wildman–Crippen MR) is 98.9 cm³/mol. The minimum atomic E-state index is -1.07. The number of ether oxygens (including phenoxy) is 2. The van der Waals surface area contributed by atoms with Gasteiger partial charge in [0.05, 0.1) is 6.04 Å². The molecule has 0 unspecified atom stereocenters. The summed E-state index contributed by atoms with van der Waals surface area (Å²) in [4.78, 5) is 0. The Kier molecular flexibility index (Phi) is 12.6. The minimum absolute atomic E-state index is 0.122. The van der Waals surface area contributed by atoms with E-state index in [2.05, 4.69) is 0 Å². The van der Waals surface area contributed by atoms with Crippen LogP contribution in [0.3, 0.4) is 0 Å². The first-order valence-electron chi connectivity index (χ1n) is 9.90. The Morgan fingerprint density at radius 1 is 0.760 bits per heavy atom. The molecule has 0 aromatic rings. The zero-order valence-corrected chi connectivity index (χ0v) is 15.5. The monoisotopic (exact) mass is 361 g/mol. The van der Waals surface area contributed by atoms with Crippen LogP contribution >= 0.6 is 0 Å². The maximum absolute atomic E-state index is 9.91. The van der Waals surface area contributed by atoms with Crippen LogP contribution < -0.4 is 17.2 Å². The second-order valence-electron chi connectivity index (χ2n) is 7.03. The first-order chi connectivity index (χ1) is 12.1. The van der Waals surface area contributed by atoms with Crippen LogP contribution in [0.15, 0.2) is 0 Å². The lowest BCUT2D eigenvalue weighted by molar-refractivity contribution is -0.257. The molecule has 1 aliphatic rings. The number of aliphatic hydroxyl groups is 2. The Morgan fingerprint density at radius 2 is 1.28 bits per heavy atom. The molecule has 1 fully saturated rings. The largest absolute Gasteiger partial charge is 0.388 e. The van der Waals surface area contributed by atoms with Crippen LogP contribution in [0.4, 0.5) is 0 Å². The van der Waals surface area contributed by atoms with Gasteiger partial charge in [0, 0.05) is 13.2 Å². The number of rotatable bonds is 14. The molecule has 0 radical (unpaired) electrons. The zero-order chi connectivity index (χ0) is 18.5. The molecule has 1 aliphatic heterocycles. The molecule has 8 N–H and O–H groups in total. The molecular formula is C18H39N3O4. The van der Waals surface area contributed by atoms with Crippen molar-refractivity contribution in [3.05, 3.63) is 0 Å². The number of hydrogen-bond donors (Lipinski definition) is 5. The van der Waals surface area contributed by atoms with Crippen LogP contribution in [0.5, 0.6) is 0 Å². The molecule has 0 aromatic heterocycles. The van der Waals surface area contributed by atoms with E-state index >= 15 is 0 Å². The van der Waals surface area contributed by atoms with Crippen molar-refractivity contribution in [1.29, 1.82) is 0 Å². The van der Waals surface area contributed by atoms with Gasteiger partial charge in [0.1, 0.15) is 18.3 Å². The highest BCUT2D eigenvalue weighted by molar-refractivity contribution is 4.91. The van der Waals surface area contributed by atoms with E-state index in [1.54, 1.807) is 0 Å². The van der Waals surface area contributed by atoms with Crippen LogP contribution in [-0.4, -0.2) is 60.6 Å². The average Bonchev–Trinajstić information content (AvgIpc) is 2.62. The molecule has 0 spiro atoms. The second-order valence-corrected chi connectivity index (χ2v) is 7.03. The summed E-state index contributed by atoms with van der Waals surface area (Å²) in [7, 11) is 0. The van der Waals surface area contributed by atoms with Crippen molar-refractivity contribution in [2.45, 2.75) is 94.9 Å². The van der Waals surface area contributed by atoms with Crippen molar-refractivity contribution in [3.8, 4) is 0 Å². The van der Waals surface area contributed by atoms with E-state index in [0.717, 1.165) is 25.8 Å². The van der Waals surface area contributed by atoms with E-state index in [4.69, 9.17) is 26.7 Å². The molecule has 7 nitrogen and oxygen atoms in total. The van der Waals surface area contributed by atoms with Gasteiger partial charge in [-0.05, 0) is 19.4 Å². The Balaban J connectivity index is 1.99. The third-order valence-electron chi connectivity index (χ3n) is 4.86. The number of unbranched alkanes of at least 4 members (excludes halogenated alkanes) is 9. The van der Waals surface area contributed by atoms with Gasteiger partial charge in [-0.3, -0.25) is 0 Å². The van der Waals surface area contributed by atoms with Gasteiger partial charge in [0.15, 0.2) is 6.29 Å². The summed E-state index contributed by atoms with van der Waals surface area (Å²) in [6, 6.07) is -0.753. The molecular weight excluding hydrogens is 322 g/mol. The summed E-state index contributed by atoms with van der Waals surface area (Å²) < 4.78 is 11.2. The normalized spacial score (nSPS) is 29.9. The Hall–Kier alpha value is -0.280. The SMILES string of the molecule is NCCCCCCCCCCCCO[C@@H]1O[C@H](CN)[C@@H](O)[C@H](O)[C@H]1N. The third kappa shape index (κ3) is 8.77. The van der Waals surface area contributed by atoms with Gasteiger partial charge >= 0.3 is 0 Å². The van der Waals surface area contributed by atoms with E-state index in [1.165, 1.54) is 44.9 Å². The van der Waals surface area contributed by atoms with Crippen LogP contribution in [0.1, 0.15) is 64.2 Å². The summed E-state index contributed by atoms with van der Waals surface area (Å²) in [6.45, 7) is 1.47. The molecule has 1 saturated heterocycles. The van der Waals surface area contributed by atoms with Crippen molar-refractivity contribution in [2.75, 3.05) is 19.7 Å². The molecule has 5 atom stereocenters. The van der Waals surface area contributed by atoms with Gasteiger partial charge in [-0.25, -0.2) is 0 Å². The van der Waals surface area contributed by atoms with Gasteiger partial charge in [0.2, 0.25) is 0 Å². The van der Waals surface area contributed by atoms with Crippen molar-refractivity contribution in [2.24, 2.45) is 17.2 Å². The smallest absolute Gasteiger partial charge is 0.175 e. The van der Waals surface area contributed by atoms with Crippen LogP contribution in [-0.2, 0) is 9.47 Å². The molecule has 1 heterocycles. The van der Waals surface area contributed by atoms with Crippen molar-refractivity contribution < 1.29 is 19.7 Å². The van der Waals surface area contributed by atoms with Crippen LogP contribution in [0.25, 0.3) is 0 Å². The third-order valence-corrected chi connectivity index (χ3v) is 4.86. The molecule has 0 amide bonds. The lowest BCUT2D eigenvalue weighted by Gasteiger charge is -2.40. The fraction of sp³-hybridized carbons (Fsp3) is 1.00. The molecule has 7 heteroatoms. The summed E-state index contributed by atoms with van der Waals surface area (Å²) in [6.07, 6.45) is 8.68. The Labute approximate surface area is 152 Å². The Bertz CT molecular complexity index is 321. The summed E-state index contributed by atoms with van der Waals surface area (Å²) in [5, 5.41) is 19.7. The second kappa shape index (κ2) is 13.9. The highest BCUT2D eigenvalue weighted by atomic mass is 16.7. The van der Waals surface area contributed by atoms with Crippen LogP contribution in [0, 0.1) is 0 Å². The predicted octanol–water partition coefficient (Wildman–Crippen LogP) is 0.595. The summed E-state index contributed by atoms with van der Waals surface area (Å²) >= 11 is 0. The van der Waals surface area contributed by atoms with E-state index in [-0.39, 0.29) is 6.54 Å². The summed E-state index contributed by atoms with van der Waals surface area (Å²) in [5.41, 5.74) is 16.9. The molecule has 150 valence electrons. The molecule has 0 aliphatic carbocycles. The molecule has 0 saturated carbocycles. The topological polar surface area (TPSA) is 137 Å². The molecule has 1 rings (SSSR count). The lowest BCUT2D eigenvalue weighted by Crippen LogP contribution is -2.63. The van der Waals surface area contributed by atoms with Gasteiger partial charge in [0.25, 0.3) is 0 Å². The first kappa shape index (κ1) is 22.8. The van der Waals surface area contributed by atoms with Gasteiger partial charge in [-0.1, -0.05) is 51.4 Å². The highest BCUT2D eigenvalue weighted by Gasteiger charge is 2.42. The average molecular weight is 362 g/mol. The maximum atomic E-state index is 9.91.